The highest BCUT2D eigenvalue weighted by molar-refractivity contribution is 5.91. The number of aryl methyl sites for hydroxylation is 1. The Morgan fingerprint density at radius 1 is 1.40 bits per heavy atom. The van der Waals surface area contributed by atoms with Gasteiger partial charge >= 0.3 is 5.97 Å². The molecular weight excluding hydrogens is 192 g/mol. The first-order valence-electron chi connectivity index (χ1n) is 4.98. The lowest BCUT2D eigenvalue weighted by atomic mass is 10.0. The first kappa shape index (κ1) is 11.4. The Balaban J connectivity index is 2.85. The smallest absolute Gasteiger partial charge is 0.338 e. The molecule has 1 rings (SSSR count). The van der Waals surface area contributed by atoms with E-state index in [4.69, 9.17) is 4.74 Å². The van der Waals surface area contributed by atoms with Gasteiger partial charge in [-0.1, -0.05) is 18.2 Å². The molecule has 0 amide bonds. The van der Waals surface area contributed by atoms with Gasteiger partial charge in [0.2, 0.25) is 0 Å². The Morgan fingerprint density at radius 3 is 2.80 bits per heavy atom. The van der Waals surface area contributed by atoms with Crippen LogP contribution in [0.25, 0.3) is 0 Å². The lowest BCUT2D eigenvalue weighted by molar-refractivity contribution is -0.107. The zero-order chi connectivity index (χ0) is 11.1. The number of esters is 1. The molecule has 0 saturated carbocycles. The number of carbonyl (C=O) groups excluding carboxylic acids is 2. The minimum absolute atomic E-state index is 0.320. The fourth-order valence-electron chi connectivity index (χ4n) is 1.36. The average Bonchev–Trinajstić information content (AvgIpc) is 2.27. The van der Waals surface area contributed by atoms with Gasteiger partial charge in [-0.25, -0.2) is 4.79 Å². The highest BCUT2D eigenvalue weighted by Gasteiger charge is 2.10. The largest absolute Gasteiger partial charge is 0.462 e. The van der Waals surface area contributed by atoms with E-state index >= 15 is 0 Å². The summed E-state index contributed by atoms with van der Waals surface area (Å²) in [6.45, 7) is 2.13. The Kier molecular flexibility index (Phi) is 4.54. The summed E-state index contributed by atoms with van der Waals surface area (Å²) in [4.78, 5) is 21.8. The molecule has 1 aromatic rings. The van der Waals surface area contributed by atoms with Crippen molar-refractivity contribution in [3.63, 3.8) is 0 Å². The van der Waals surface area contributed by atoms with E-state index in [0.717, 1.165) is 11.8 Å². The van der Waals surface area contributed by atoms with Crippen molar-refractivity contribution in [1.29, 1.82) is 0 Å². The van der Waals surface area contributed by atoms with Gasteiger partial charge in [-0.15, -0.1) is 0 Å². The molecule has 1 aromatic carbocycles. The van der Waals surface area contributed by atoms with Crippen molar-refractivity contribution in [3.8, 4) is 0 Å². The van der Waals surface area contributed by atoms with Crippen LogP contribution in [0.4, 0.5) is 0 Å². The van der Waals surface area contributed by atoms with E-state index in [-0.39, 0.29) is 5.97 Å². The van der Waals surface area contributed by atoms with Gasteiger partial charge in [0.05, 0.1) is 12.2 Å². The van der Waals surface area contributed by atoms with Crippen molar-refractivity contribution >= 4 is 12.3 Å². The van der Waals surface area contributed by atoms with E-state index in [9.17, 15) is 9.59 Å². The summed E-state index contributed by atoms with van der Waals surface area (Å²) in [7, 11) is 0. The van der Waals surface area contributed by atoms with Gasteiger partial charge in [-0.2, -0.15) is 0 Å². The molecule has 0 radical (unpaired) electrons. The van der Waals surface area contributed by atoms with Crippen LogP contribution in [0.3, 0.4) is 0 Å². The number of aldehydes is 1. The predicted octanol–water partition coefficient (Wildman–Crippen LogP) is 1.99. The highest BCUT2D eigenvalue weighted by atomic mass is 16.5. The van der Waals surface area contributed by atoms with Crippen LogP contribution >= 0.6 is 0 Å². The number of hydrogen-bond acceptors (Lipinski definition) is 3. The van der Waals surface area contributed by atoms with E-state index in [2.05, 4.69) is 0 Å². The van der Waals surface area contributed by atoms with Crippen LogP contribution in [0.1, 0.15) is 29.3 Å². The van der Waals surface area contributed by atoms with Crippen LogP contribution in [0.15, 0.2) is 24.3 Å². The van der Waals surface area contributed by atoms with Gasteiger partial charge in [0.15, 0.2) is 0 Å². The molecule has 0 fully saturated rings. The minimum Gasteiger partial charge on any atom is -0.462 e. The van der Waals surface area contributed by atoms with E-state index < -0.39 is 0 Å². The fraction of sp³-hybridized carbons (Fsp3) is 0.333. The molecule has 3 heteroatoms. The first-order valence-corrected chi connectivity index (χ1v) is 4.98. The van der Waals surface area contributed by atoms with Gasteiger partial charge in [0.1, 0.15) is 6.29 Å². The number of ether oxygens (including phenoxy) is 1. The van der Waals surface area contributed by atoms with Gasteiger partial charge in [-0.05, 0) is 25.0 Å². The van der Waals surface area contributed by atoms with Crippen LogP contribution in [0.5, 0.6) is 0 Å². The molecule has 0 heterocycles. The summed E-state index contributed by atoms with van der Waals surface area (Å²) < 4.78 is 4.92. The molecule has 0 spiro atoms. The number of carbonyl (C=O) groups is 2. The maximum atomic E-state index is 11.5. The SMILES string of the molecule is CCOC(=O)c1ccccc1CCC=O. The molecule has 0 aliphatic carbocycles. The third kappa shape index (κ3) is 3.20. The molecule has 0 saturated heterocycles. The molecular formula is C12H14O3. The maximum absolute atomic E-state index is 11.5. The molecule has 0 aliphatic heterocycles. The lowest BCUT2D eigenvalue weighted by Gasteiger charge is -2.06. The second-order valence-electron chi connectivity index (χ2n) is 3.08. The third-order valence-electron chi connectivity index (χ3n) is 2.04. The topological polar surface area (TPSA) is 43.4 Å². The molecule has 0 aromatic heterocycles. The van der Waals surface area contributed by atoms with Crippen molar-refractivity contribution in [2.75, 3.05) is 6.61 Å². The molecule has 15 heavy (non-hydrogen) atoms. The summed E-state index contributed by atoms with van der Waals surface area (Å²) in [6, 6.07) is 7.20. The van der Waals surface area contributed by atoms with Gasteiger partial charge in [0.25, 0.3) is 0 Å². The van der Waals surface area contributed by atoms with E-state index in [1.807, 2.05) is 12.1 Å². The fourth-order valence-corrected chi connectivity index (χ4v) is 1.36. The maximum Gasteiger partial charge on any atom is 0.338 e. The molecule has 80 valence electrons. The molecule has 0 unspecified atom stereocenters. The second kappa shape index (κ2) is 5.96. The highest BCUT2D eigenvalue weighted by Crippen LogP contribution is 2.12. The second-order valence-corrected chi connectivity index (χ2v) is 3.08. The van der Waals surface area contributed by atoms with E-state index in [1.54, 1.807) is 19.1 Å². The van der Waals surface area contributed by atoms with Gasteiger partial charge in [0, 0.05) is 6.42 Å². The lowest BCUT2D eigenvalue weighted by Crippen LogP contribution is -2.08. The monoisotopic (exact) mass is 206 g/mol. The third-order valence-corrected chi connectivity index (χ3v) is 2.04. The molecule has 0 bridgehead atoms. The van der Waals surface area contributed by atoms with Crippen molar-refractivity contribution in [2.24, 2.45) is 0 Å². The van der Waals surface area contributed by atoms with Crippen molar-refractivity contribution in [1.82, 2.24) is 0 Å². The Hall–Kier alpha value is -1.64. The summed E-state index contributed by atoms with van der Waals surface area (Å²) >= 11 is 0. The van der Waals surface area contributed by atoms with E-state index in [1.165, 1.54) is 0 Å². The molecule has 0 atom stereocenters. The standard InChI is InChI=1S/C12H14O3/c1-2-15-12(14)11-8-4-3-6-10(11)7-5-9-13/h3-4,6,8-9H,2,5,7H2,1H3. The van der Waals surface area contributed by atoms with Crippen LogP contribution in [0, 0.1) is 0 Å². The Bertz CT molecular complexity index is 344. The zero-order valence-corrected chi connectivity index (χ0v) is 8.73. The van der Waals surface area contributed by atoms with Gasteiger partial charge < -0.3 is 9.53 Å². The Labute approximate surface area is 89.1 Å². The summed E-state index contributed by atoms with van der Waals surface area (Å²) in [5.41, 5.74) is 1.42. The number of benzene rings is 1. The predicted molar refractivity (Wildman–Crippen MR) is 56.8 cm³/mol. The van der Waals surface area contributed by atoms with Crippen LogP contribution in [-0.2, 0) is 16.0 Å². The molecule has 3 nitrogen and oxygen atoms in total. The van der Waals surface area contributed by atoms with Gasteiger partial charge in [-0.3, -0.25) is 0 Å². The number of rotatable bonds is 5. The van der Waals surface area contributed by atoms with Crippen LogP contribution < -0.4 is 0 Å². The minimum atomic E-state index is -0.320. The van der Waals surface area contributed by atoms with Crippen molar-refractivity contribution in [3.05, 3.63) is 35.4 Å². The molecule has 0 aliphatic rings. The van der Waals surface area contributed by atoms with Crippen molar-refractivity contribution in [2.45, 2.75) is 19.8 Å². The zero-order valence-electron chi connectivity index (χ0n) is 8.73. The summed E-state index contributed by atoms with van der Waals surface area (Å²) in [5.74, 6) is -0.320. The van der Waals surface area contributed by atoms with Crippen molar-refractivity contribution < 1.29 is 14.3 Å². The number of hydrogen-bond donors (Lipinski definition) is 0. The first-order chi connectivity index (χ1) is 7.29. The summed E-state index contributed by atoms with van der Waals surface area (Å²) in [5, 5.41) is 0. The average molecular weight is 206 g/mol. The van der Waals surface area contributed by atoms with E-state index in [0.29, 0.717) is 25.0 Å². The Morgan fingerprint density at radius 2 is 2.13 bits per heavy atom. The quantitative estimate of drug-likeness (QED) is 0.546. The normalized spacial score (nSPS) is 9.67. The van der Waals surface area contributed by atoms with Crippen LogP contribution in [0.2, 0.25) is 0 Å². The molecule has 0 N–H and O–H groups in total. The van der Waals surface area contributed by atoms with Crippen LogP contribution in [-0.4, -0.2) is 18.9 Å². The summed E-state index contributed by atoms with van der Waals surface area (Å²) in [6.07, 6.45) is 1.86.